The summed E-state index contributed by atoms with van der Waals surface area (Å²) < 4.78 is 0. The van der Waals surface area contributed by atoms with Crippen LogP contribution in [0, 0.1) is 0 Å². The normalized spacial score (nSPS) is 19.0. The molecule has 1 N–H and O–H groups in total. The second-order valence-corrected chi connectivity index (χ2v) is 9.76. The van der Waals surface area contributed by atoms with E-state index < -0.39 is 6.04 Å². The molecule has 0 fully saturated rings. The third kappa shape index (κ3) is 4.66. The summed E-state index contributed by atoms with van der Waals surface area (Å²) in [6.07, 6.45) is 1.51. The largest absolute Gasteiger partial charge is 0.372 e. The first-order valence-electron chi connectivity index (χ1n) is 13.4. The molecule has 3 aromatic carbocycles. The highest BCUT2D eigenvalue weighted by molar-refractivity contribution is 6.06. The lowest BCUT2D eigenvalue weighted by molar-refractivity contribution is -0.119. The summed E-state index contributed by atoms with van der Waals surface area (Å²) in [7, 11) is 0. The van der Waals surface area contributed by atoms with Crippen LogP contribution in [0.5, 0.6) is 0 Å². The molecule has 5 nitrogen and oxygen atoms in total. The lowest BCUT2D eigenvalue weighted by Crippen LogP contribution is -2.38. The first-order valence-corrected chi connectivity index (χ1v) is 13.4. The number of carbonyl (C=O) groups excluding carboxylic acids is 2. The number of allylic oxidation sites excluding steroid dienone is 1. The van der Waals surface area contributed by atoms with Crippen molar-refractivity contribution in [2.24, 2.45) is 0 Å². The molecule has 37 heavy (non-hydrogen) atoms. The van der Waals surface area contributed by atoms with E-state index in [1.807, 2.05) is 66.4 Å². The number of Topliss-reactive ketones (excluding diaryl/α,β-unsaturated/α-hetero) is 1. The standard InChI is InChI=1S/C32H35N3O2/c1-4-30(37)35-28-15-11-10-14-26(28)33-27-20-24(22-16-18-25(19-17-22)34(5-2)6-3)21-29(36)31(27)32(35)23-12-8-7-9-13-23/h7-19,24,32-33H,4-6,20-21H2,1-3H3/t24-,32+/m0/s1. The highest BCUT2D eigenvalue weighted by Gasteiger charge is 2.41. The minimum atomic E-state index is -0.460. The zero-order valence-electron chi connectivity index (χ0n) is 21.9. The Hall–Kier alpha value is -3.86. The molecule has 1 heterocycles. The number of nitrogens with zero attached hydrogens (tertiary/aromatic N) is 2. The molecule has 2 aliphatic rings. The molecule has 5 rings (SSSR count). The number of hydrogen-bond donors (Lipinski definition) is 1. The topological polar surface area (TPSA) is 52.7 Å². The molecule has 190 valence electrons. The van der Waals surface area contributed by atoms with Gasteiger partial charge in [-0.1, -0.05) is 61.5 Å². The lowest BCUT2D eigenvalue weighted by atomic mass is 9.78. The zero-order chi connectivity index (χ0) is 25.9. The van der Waals surface area contributed by atoms with Gasteiger partial charge in [-0.2, -0.15) is 0 Å². The van der Waals surface area contributed by atoms with Gasteiger partial charge in [-0.25, -0.2) is 0 Å². The van der Waals surface area contributed by atoms with Crippen molar-refractivity contribution in [3.63, 3.8) is 0 Å². The van der Waals surface area contributed by atoms with E-state index in [1.54, 1.807) is 0 Å². The number of benzene rings is 3. The van der Waals surface area contributed by atoms with Gasteiger partial charge in [0.25, 0.3) is 0 Å². The Balaban J connectivity index is 1.60. The van der Waals surface area contributed by atoms with Gasteiger partial charge in [0.2, 0.25) is 5.91 Å². The second kappa shape index (κ2) is 10.6. The summed E-state index contributed by atoms with van der Waals surface area (Å²) in [5, 5.41) is 3.60. The molecule has 1 amide bonds. The van der Waals surface area contributed by atoms with Gasteiger partial charge in [0.15, 0.2) is 5.78 Å². The van der Waals surface area contributed by atoms with E-state index in [4.69, 9.17) is 0 Å². The summed E-state index contributed by atoms with van der Waals surface area (Å²) >= 11 is 0. The molecule has 0 spiro atoms. The number of carbonyl (C=O) groups is 2. The average molecular weight is 494 g/mol. The third-order valence-corrected chi connectivity index (χ3v) is 7.67. The molecule has 0 saturated carbocycles. The van der Waals surface area contributed by atoms with Gasteiger partial charge in [0.05, 0.1) is 17.4 Å². The molecule has 0 saturated heterocycles. The van der Waals surface area contributed by atoms with Crippen LogP contribution in [0.4, 0.5) is 17.1 Å². The predicted octanol–water partition coefficient (Wildman–Crippen LogP) is 6.84. The fraction of sp³-hybridized carbons (Fsp3) is 0.312. The average Bonchev–Trinajstić information content (AvgIpc) is 3.09. The van der Waals surface area contributed by atoms with Crippen molar-refractivity contribution < 1.29 is 9.59 Å². The number of para-hydroxylation sites is 2. The fourth-order valence-electron chi connectivity index (χ4n) is 5.77. The molecule has 2 atom stereocenters. The van der Waals surface area contributed by atoms with Crippen LogP contribution < -0.4 is 15.1 Å². The van der Waals surface area contributed by atoms with Crippen LogP contribution in [-0.4, -0.2) is 24.8 Å². The molecule has 0 radical (unpaired) electrons. The smallest absolute Gasteiger partial charge is 0.227 e. The van der Waals surface area contributed by atoms with E-state index in [9.17, 15) is 9.59 Å². The van der Waals surface area contributed by atoms with Gasteiger partial charge in [0.1, 0.15) is 0 Å². The molecule has 0 bridgehead atoms. The lowest BCUT2D eigenvalue weighted by Gasteiger charge is -2.35. The summed E-state index contributed by atoms with van der Waals surface area (Å²) in [4.78, 5) is 31.6. The van der Waals surface area contributed by atoms with Gasteiger partial charge in [-0.15, -0.1) is 0 Å². The van der Waals surface area contributed by atoms with E-state index >= 15 is 0 Å². The summed E-state index contributed by atoms with van der Waals surface area (Å²) in [6.45, 7) is 8.13. The Labute approximate surface area is 219 Å². The second-order valence-electron chi connectivity index (χ2n) is 9.76. The van der Waals surface area contributed by atoms with Gasteiger partial charge in [0, 0.05) is 42.9 Å². The van der Waals surface area contributed by atoms with Gasteiger partial charge in [-0.3, -0.25) is 14.5 Å². The predicted molar refractivity (Wildman–Crippen MR) is 151 cm³/mol. The molecular formula is C32H35N3O2. The van der Waals surface area contributed by atoms with E-state index in [-0.39, 0.29) is 17.6 Å². The summed E-state index contributed by atoms with van der Waals surface area (Å²) in [5.74, 6) is 0.183. The Morgan fingerprint density at radius 3 is 2.22 bits per heavy atom. The van der Waals surface area contributed by atoms with Crippen molar-refractivity contribution in [3.8, 4) is 0 Å². The van der Waals surface area contributed by atoms with Crippen LogP contribution in [0.1, 0.15) is 63.1 Å². The van der Waals surface area contributed by atoms with Crippen LogP contribution in [-0.2, 0) is 9.59 Å². The maximum atomic E-state index is 14.0. The Bertz CT molecular complexity index is 1310. The first kappa shape index (κ1) is 24.8. The van der Waals surface area contributed by atoms with Gasteiger partial charge in [-0.05, 0) is 61.6 Å². The van der Waals surface area contributed by atoms with Crippen LogP contribution in [0.25, 0.3) is 0 Å². The quantitative estimate of drug-likeness (QED) is 0.408. The van der Waals surface area contributed by atoms with Crippen molar-refractivity contribution in [2.45, 2.75) is 52.0 Å². The number of fused-ring (bicyclic) bond motifs is 1. The minimum Gasteiger partial charge on any atom is -0.372 e. The van der Waals surface area contributed by atoms with Gasteiger partial charge >= 0.3 is 0 Å². The monoisotopic (exact) mass is 493 g/mol. The molecule has 5 heteroatoms. The Morgan fingerprint density at radius 2 is 1.54 bits per heavy atom. The van der Waals surface area contributed by atoms with E-state index in [1.165, 1.54) is 11.3 Å². The molecule has 3 aromatic rings. The Morgan fingerprint density at radius 1 is 0.865 bits per heavy atom. The van der Waals surface area contributed by atoms with E-state index in [2.05, 4.69) is 48.3 Å². The third-order valence-electron chi connectivity index (χ3n) is 7.67. The number of amides is 1. The number of ketones is 1. The molecule has 1 aliphatic heterocycles. The molecule has 1 aliphatic carbocycles. The SMILES string of the molecule is CCC(=O)N1c2ccccc2NC2=C(C(=O)C[C@@H](c3ccc(N(CC)CC)cc3)C2)[C@H]1c1ccccc1. The van der Waals surface area contributed by atoms with Crippen molar-refractivity contribution in [1.29, 1.82) is 0 Å². The Kier molecular flexibility index (Phi) is 7.13. The fourth-order valence-corrected chi connectivity index (χ4v) is 5.77. The van der Waals surface area contributed by atoms with Crippen molar-refractivity contribution in [3.05, 3.63) is 101 Å². The number of rotatable bonds is 6. The zero-order valence-corrected chi connectivity index (χ0v) is 21.9. The highest BCUT2D eigenvalue weighted by atomic mass is 16.2. The van der Waals surface area contributed by atoms with Crippen molar-refractivity contribution >= 4 is 28.8 Å². The minimum absolute atomic E-state index is 0.00114. The first-order chi connectivity index (χ1) is 18.0. The molecule has 0 unspecified atom stereocenters. The number of anilines is 3. The van der Waals surface area contributed by atoms with E-state index in [0.29, 0.717) is 18.4 Å². The van der Waals surface area contributed by atoms with E-state index in [0.717, 1.165) is 42.1 Å². The van der Waals surface area contributed by atoms with Crippen molar-refractivity contribution in [1.82, 2.24) is 0 Å². The van der Waals surface area contributed by atoms with Gasteiger partial charge < -0.3 is 10.2 Å². The van der Waals surface area contributed by atoms with Crippen LogP contribution >= 0.6 is 0 Å². The molecule has 0 aromatic heterocycles. The number of hydrogen-bond acceptors (Lipinski definition) is 4. The summed E-state index contributed by atoms with van der Waals surface area (Å²) in [5.41, 5.74) is 6.63. The number of nitrogens with one attached hydrogen (secondary N) is 1. The maximum absolute atomic E-state index is 14.0. The highest BCUT2D eigenvalue weighted by Crippen LogP contribution is 2.47. The maximum Gasteiger partial charge on any atom is 0.227 e. The van der Waals surface area contributed by atoms with Crippen LogP contribution in [0.2, 0.25) is 0 Å². The van der Waals surface area contributed by atoms with Crippen LogP contribution in [0.15, 0.2) is 90.1 Å². The molecular weight excluding hydrogens is 458 g/mol. The van der Waals surface area contributed by atoms with Crippen molar-refractivity contribution in [2.75, 3.05) is 28.2 Å². The summed E-state index contributed by atoms with van der Waals surface area (Å²) in [6, 6.07) is 26.1. The van der Waals surface area contributed by atoms with Crippen LogP contribution in [0.3, 0.4) is 0 Å².